The summed E-state index contributed by atoms with van der Waals surface area (Å²) in [5.41, 5.74) is 10.9. The summed E-state index contributed by atoms with van der Waals surface area (Å²) >= 11 is 0. The Morgan fingerprint density at radius 3 is 1.75 bits per heavy atom. The van der Waals surface area contributed by atoms with Gasteiger partial charge in [0, 0.05) is 5.54 Å². The average molecular weight is 325 g/mol. The van der Waals surface area contributed by atoms with E-state index in [1.165, 1.54) is 41.5 Å². The molecule has 0 radical (unpaired) electrons. The van der Waals surface area contributed by atoms with Gasteiger partial charge in [-0.25, -0.2) is 0 Å². The lowest BCUT2D eigenvalue weighted by molar-refractivity contribution is 0.200. The summed E-state index contributed by atoms with van der Waals surface area (Å²) in [6.45, 7) is 4.15. The van der Waals surface area contributed by atoms with Crippen LogP contribution in [0, 0.1) is 0 Å². The molecular weight excluding hydrogens is 294 g/mol. The van der Waals surface area contributed by atoms with E-state index in [1.807, 2.05) is 6.92 Å². The standard InChI is InChI=1S/C22H31NO/c1-3-4-5-18-6-10-20(11-7-18)16-21-12-8-19(9-13-21)14-15-22(2,23)17-24/h6-13,24H,3-5,14-17,23H2,1-2H3. The van der Waals surface area contributed by atoms with Crippen molar-refractivity contribution in [3.05, 3.63) is 70.8 Å². The number of hydrogen-bond donors (Lipinski definition) is 2. The zero-order valence-corrected chi connectivity index (χ0v) is 15.1. The predicted molar refractivity (Wildman–Crippen MR) is 102 cm³/mol. The molecule has 0 bridgehead atoms. The van der Waals surface area contributed by atoms with Crippen LogP contribution in [0.4, 0.5) is 0 Å². The molecule has 2 aromatic carbocycles. The van der Waals surface area contributed by atoms with Crippen LogP contribution < -0.4 is 5.73 Å². The number of aryl methyl sites for hydroxylation is 2. The molecule has 2 rings (SSSR count). The number of rotatable bonds is 9. The van der Waals surface area contributed by atoms with Gasteiger partial charge in [0.1, 0.15) is 0 Å². The van der Waals surface area contributed by atoms with E-state index < -0.39 is 5.54 Å². The molecular formula is C22H31NO. The second-order valence-corrected chi connectivity index (χ2v) is 7.23. The van der Waals surface area contributed by atoms with Gasteiger partial charge in [-0.1, -0.05) is 61.9 Å². The number of aliphatic hydroxyl groups is 1. The summed E-state index contributed by atoms with van der Waals surface area (Å²) in [6.07, 6.45) is 6.36. The molecule has 0 aromatic heterocycles. The topological polar surface area (TPSA) is 46.2 Å². The highest BCUT2D eigenvalue weighted by Gasteiger charge is 2.16. The Balaban J connectivity index is 1.89. The largest absolute Gasteiger partial charge is 0.394 e. The van der Waals surface area contributed by atoms with Gasteiger partial charge in [0.05, 0.1) is 6.61 Å². The van der Waals surface area contributed by atoms with E-state index in [0.29, 0.717) is 0 Å². The third-order valence-electron chi connectivity index (χ3n) is 4.62. The van der Waals surface area contributed by atoms with Crippen molar-refractivity contribution in [3.63, 3.8) is 0 Å². The van der Waals surface area contributed by atoms with Crippen molar-refractivity contribution in [1.82, 2.24) is 0 Å². The molecule has 0 aliphatic carbocycles. The summed E-state index contributed by atoms with van der Waals surface area (Å²) in [5, 5.41) is 9.22. The zero-order chi connectivity index (χ0) is 17.4. The summed E-state index contributed by atoms with van der Waals surface area (Å²) < 4.78 is 0. The maximum atomic E-state index is 9.22. The maximum absolute atomic E-state index is 9.22. The molecule has 2 heteroatoms. The van der Waals surface area contributed by atoms with Crippen LogP contribution in [0.5, 0.6) is 0 Å². The van der Waals surface area contributed by atoms with Crippen LogP contribution in [0.15, 0.2) is 48.5 Å². The van der Waals surface area contributed by atoms with E-state index in [4.69, 9.17) is 5.73 Å². The SMILES string of the molecule is CCCCc1ccc(Cc2ccc(CCC(C)(N)CO)cc2)cc1. The first-order valence-corrected chi connectivity index (χ1v) is 9.08. The Morgan fingerprint density at radius 1 is 0.833 bits per heavy atom. The molecule has 2 nitrogen and oxygen atoms in total. The van der Waals surface area contributed by atoms with Gasteiger partial charge >= 0.3 is 0 Å². The van der Waals surface area contributed by atoms with Crippen molar-refractivity contribution in [2.75, 3.05) is 6.61 Å². The van der Waals surface area contributed by atoms with Crippen LogP contribution in [-0.4, -0.2) is 17.3 Å². The normalized spacial score (nSPS) is 13.7. The number of nitrogens with two attached hydrogens (primary N) is 1. The molecule has 130 valence electrons. The molecule has 1 unspecified atom stereocenters. The number of unbranched alkanes of at least 4 members (excludes halogenated alkanes) is 1. The van der Waals surface area contributed by atoms with Crippen molar-refractivity contribution in [1.29, 1.82) is 0 Å². The fourth-order valence-corrected chi connectivity index (χ4v) is 2.77. The molecule has 3 N–H and O–H groups in total. The van der Waals surface area contributed by atoms with E-state index in [2.05, 4.69) is 55.5 Å². The highest BCUT2D eigenvalue weighted by atomic mass is 16.3. The lowest BCUT2D eigenvalue weighted by atomic mass is 9.94. The first-order chi connectivity index (χ1) is 11.5. The van der Waals surface area contributed by atoms with Gasteiger partial charge in [-0.05, 0) is 61.3 Å². The summed E-state index contributed by atoms with van der Waals surface area (Å²) in [6, 6.07) is 17.8. The van der Waals surface area contributed by atoms with Gasteiger partial charge in [-0.3, -0.25) is 0 Å². The van der Waals surface area contributed by atoms with Gasteiger partial charge in [0.15, 0.2) is 0 Å². The molecule has 0 spiro atoms. The minimum atomic E-state index is -0.488. The Kier molecular flexibility index (Phi) is 7.01. The lowest BCUT2D eigenvalue weighted by Gasteiger charge is -2.21. The van der Waals surface area contributed by atoms with Crippen LogP contribution >= 0.6 is 0 Å². The van der Waals surface area contributed by atoms with Crippen molar-refractivity contribution >= 4 is 0 Å². The third-order valence-corrected chi connectivity index (χ3v) is 4.62. The van der Waals surface area contributed by atoms with Crippen LogP contribution in [0.1, 0.15) is 55.4 Å². The first-order valence-electron chi connectivity index (χ1n) is 9.08. The summed E-state index contributed by atoms with van der Waals surface area (Å²) in [7, 11) is 0. The highest BCUT2D eigenvalue weighted by Crippen LogP contribution is 2.15. The smallest absolute Gasteiger partial charge is 0.0608 e. The van der Waals surface area contributed by atoms with Crippen molar-refractivity contribution < 1.29 is 5.11 Å². The lowest BCUT2D eigenvalue weighted by Crippen LogP contribution is -2.40. The zero-order valence-electron chi connectivity index (χ0n) is 15.1. The number of hydrogen-bond acceptors (Lipinski definition) is 2. The van der Waals surface area contributed by atoms with Crippen molar-refractivity contribution in [2.24, 2.45) is 5.73 Å². The van der Waals surface area contributed by atoms with E-state index in [-0.39, 0.29) is 6.61 Å². The fourth-order valence-electron chi connectivity index (χ4n) is 2.77. The molecule has 0 saturated carbocycles. The van der Waals surface area contributed by atoms with Gasteiger partial charge in [-0.2, -0.15) is 0 Å². The summed E-state index contributed by atoms with van der Waals surface area (Å²) in [5.74, 6) is 0. The van der Waals surface area contributed by atoms with Gasteiger partial charge in [0.25, 0.3) is 0 Å². The third kappa shape index (κ3) is 6.10. The van der Waals surface area contributed by atoms with E-state index in [0.717, 1.165) is 19.3 Å². The van der Waals surface area contributed by atoms with Crippen molar-refractivity contribution in [2.45, 2.75) is 57.9 Å². The van der Waals surface area contributed by atoms with Crippen LogP contribution in [0.3, 0.4) is 0 Å². The Hall–Kier alpha value is -1.64. The number of aliphatic hydroxyl groups excluding tert-OH is 1. The van der Waals surface area contributed by atoms with Crippen LogP contribution in [0.25, 0.3) is 0 Å². The van der Waals surface area contributed by atoms with E-state index in [9.17, 15) is 5.11 Å². The molecule has 0 aliphatic rings. The molecule has 0 fully saturated rings. The average Bonchev–Trinajstić information content (AvgIpc) is 2.61. The predicted octanol–water partition coefficient (Wildman–Crippen LogP) is 4.26. The minimum absolute atomic E-state index is 0.0271. The van der Waals surface area contributed by atoms with Gasteiger partial charge < -0.3 is 10.8 Å². The Morgan fingerprint density at radius 2 is 1.29 bits per heavy atom. The molecule has 0 heterocycles. The molecule has 2 aromatic rings. The summed E-state index contributed by atoms with van der Waals surface area (Å²) in [4.78, 5) is 0. The number of benzene rings is 2. The van der Waals surface area contributed by atoms with E-state index >= 15 is 0 Å². The molecule has 1 atom stereocenters. The first kappa shape index (κ1) is 18.7. The molecule has 24 heavy (non-hydrogen) atoms. The second kappa shape index (κ2) is 9.00. The van der Waals surface area contributed by atoms with E-state index in [1.54, 1.807) is 0 Å². The van der Waals surface area contributed by atoms with Gasteiger partial charge in [0.2, 0.25) is 0 Å². The molecule has 0 saturated heterocycles. The highest BCUT2D eigenvalue weighted by molar-refractivity contribution is 5.30. The Bertz CT molecular complexity index is 599. The van der Waals surface area contributed by atoms with Gasteiger partial charge in [-0.15, -0.1) is 0 Å². The van der Waals surface area contributed by atoms with Crippen molar-refractivity contribution in [3.8, 4) is 0 Å². The molecule has 0 amide bonds. The quantitative estimate of drug-likeness (QED) is 0.723. The minimum Gasteiger partial charge on any atom is -0.394 e. The second-order valence-electron chi connectivity index (χ2n) is 7.23. The monoisotopic (exact) mass is 325 g/mol. The fraction of sp³-hybridized carbons (Fsp3) is 0.455. The Labute approximate surface area is 146 Å². The maximum Gasteiger partial charge on any atom is 0.0608 e. The molecule has 0 aliphatic heterocycles. The van der Waals surface area contributed by atoms with Crippen LogP contribution in [-0.2, 0) is 19.3 Å². The van der Waals surface area contributed by atoms with Crippen LogP contribution in [0.2, 0.25) is 0 Å².